The van der Waals surface area contributed by atoms with E-state index in [1.54, 1.807) is 0 Å². The van der Waals surface area contributed by atoms with Gasteiger partial charge in [0.15, 0.2) is 0 Å². The fourth-order valence-corrected chi connectivity index (χ4v) is 4.42. The van der Waals surface area contributed by atoms with Crippen molar-refractivity contribution in [3.8, 4) is 11.3 Å². The molecular weight excluding hydrogens is 455 g/mol. The molecule has 0 unspecified atom stereocenters. The Morgan fingerprint density at radius 1 is 1.00 bits per heavy atom. The third-order valence-electron chi connectivity index (χ3n) is 6.29. The second-order valence-electron chi connectivity index (χ2n) is 8.78. The van der Waals surface area contributed by atoms with Crippen LogP contribution in [0.3, 0.4) is 0 Å². The van der Waals surface area contributed by atoms with Gasteiger partial charge in [-0.25, -0.2) is 0 Å². The fraction of sp³-hybridized carbons (Fsp3) is 0.370. The molecule has 1 aliphatic heterocycles. The van der Waals surface area contributed by atoms with Gasteiger partial charge in [-0.1, -0.05) is 48.5 Å². The molecule has 1 saturated heterocycles. The van der Waals surface area contributed by atoms with Gasteiger partial charge in [-0.3, -0.25) is 9.69 Å². The second kappa shape index (κ2) is 11.1. The molecule has 1 aromatic heterocycles. The number of ether oxygens (including phenoxy) is 1. The van der Waals surface area contributed by atoms with E-state index in [-0.39, 0.29) is 12.3 Å². The van der Waals surface area contributed by atoms with Gasteiger partial charge in [0.2, 0.25) is 5.91 Å². The van der Waals surface area contributed by atoms with Crippen molar-refractivity contribution < 1.29 is 22.7 Å². The van der Waals surface area contributed by atoms with Crippen LogP contribution in [0.15, 0.2) is 60.7 Å². The largest absolute Gasteiger partial charge is 0.416 e. The smallest absolute Gasteiger partial charge is 0.379 e. The Morgan fingerprint density at radius 3 is 2.46 bits per heavy atom. The SMILES string of the molecule is Cc1c(NC(=O)Cc2cccc(C(F)(F)F)c2)cc(-c2ccccc2)n1CCCN1CCOCC1. The Labute approximate surface area is 203 Å². The quantitative estimate of drug-likeness (QED) is 0.466. The highest BCUT2D eigenvalue weighted by molar-refractivity contribution is 5.93. The van der Waals surface area contributed by atoms with Crippen molar-refractivity contribution in [1.82, 2.24) is 9.47 Å². The maximum absolute atomic E-state index is 13.0. The van der Waals surface area contributed by atoms with Crippen LogP contribution in [0.2, 0.25) is 0 Å². The van der Waals surface area contributed by atoms with E-state index in [4.69, 9.17) is 4.74 Å². The summed E-state index contributed by atoms with van der Waals surface area (Å²) in [7, 11) is 0. The molecule has 4 rings (SSSR count). The Morgan fingerprint density at radius 2 is 1.74 bits per heavy atom. The van der Waals surface area contributed by atoms with Crippen molar-refractivity contribution in [2.75, 3.05) is 38.2 Å². The zero-order valence-electron chi connectivity index (χ0n) is 19.8. The molecule has 1 fully saturated rings. The summed E-state index contributed by atoms with van der Waals surface area (Å²) >= 11 is 0. The van der Waals surface area contributed by atoms with E-state index in [9.17, 15) is 18.0 Å². The number of anilines is 1. The minimum atomic E-state index is -4.44. The molecule has 0 bridgehead atoms. The van der Waals surface area contributed by atoms with Gasteiger partial charge in [0.25, 0.3) is 0 Å². The van der Waals surface area contributed by atoms with Crippen LogP contribution in [0.4, 0.5) is 18.9 Å². The zero-order valence-corrected chi connectivity index (χ0v) is 19.8. The monoisotopic (exact) mass is 485 g/mol. The molecule has 0 radical (unpaired) electrons. The number of morpholine rings is 1. The lowest BCUT2D eigenvalue weighted by Gasteiger charge is -2.26. The van der Waals surface area contributed by atoms with Gasteiger partial charge in [0.1, 0.15) is 0 Å². The number of carbonyl (C=O) groups is 1. The van der Waals surface area contributed by atoms with E-state index in [0.29, 0.717) is 11.3 Å². The number of rotatable bonds is 8. The standard InChI is InChI=1S/C27H30F3N3O2/c1-20-24(31-26(34)18-21-7-5-10-23(17-21)27(28,29)30)19-25(22-8-3-2-4-9-22)33(20)12-6-11-32-13-15-35-16-14-32/h2-5,7-10,17,19H,6,11-16,18H2,1H3,(H,31,34). The Balaban J connectivity index is 1.49. The lowest BCUT2D eigenvalue weighted by Crippen LogP contribution is -2.37. The predicted octanol–water partition coefficient (Wildman–Crippen LogP) is 5.39. The summed E-state index contributed by atoms with van der Waals surface area (Å²) in [6.07, 6.45) is -3.62. The molecule has 35 heavy (non-hydrogen) atoms. The van der Waals surface area contributed by atoms with E-state index in [1.807, 2.05) is 43.3 Å². The Bertz CT molecular complexity index is 1140. The molecule has 0 aliphatic carbocycles. The van der Waals surface area contributed by atoms with Gasteiger partial charge in [0.05, 0.1) is 36.6 Å². The van der Waals surface area contributed by atoms with Gasteiger partial charge in [-0.2, -0.15) is 13.2 Å². The van der Waals surface area contributed by atoms with Crippen LogP contribution >= 0.6 is 0 Å². The van der Waals surface area contributed by atoms with Crippen LogP contribution in [0.25, 0.3) is 11.3 Å². The molecule has 2 heterocycles. The Kier molecular flexibility index (Phi) is 7.93. The van der Waals surface area contributed by atoms with Crippen LogP contribution in [-0.2, 0) is 28.7 Å². The van der Waals surface area contributed by atoms with Gasteiger partial charge in [-0.15, -0.1) is 0 Å². The fourth-order valence-electron chi connectivity index (χ4n) is 4.42. The molecular formula is C27H30F3N3O2. The molecule has 1 amide bonds. The number of carbonyl (C=O) groups excluding carboxylic acids is 1. The minimum absolute atomic E-state index is 0.133. The summed E-state index contributed by atoms with van der Waals surface area (Å²) in [5.74, 6) is -0.350. The van der Waals surface area contributed by atoms with Crippen LogP contribution in [0.1, 0.15) is 23.2 Å². The topological polar surface area (TPSA) is 46.5 Å². The maximum atomic E-state index is 13.0. The average Bonchev–Trinajstić information content (AvgIpc) is 3.15. The van der Waals surface area contributed by atoms with E-state index in [0.717, 1.165) is 74.9 Å². The first-order chi connectivity index (χ1) is 16.8. The van der Waals surface area contributed by atoms with Crippen LogP contribution in [-0.4, -0.2) is 48.2 Å². The molecule has 0 spiro atoms. The number of hydrogen-bond acceptors (Lipinski definition) is 3. The third-order valence-corrected chi connectivity index (χ3v) is 6.29. The minimum Gasteiger partial charge on any atom is -0.379 e. The Hall–Kier alpha value is -3.10. The van der Waals surface area contributed by atoms with Gasteiger partial charge in [-0.05, 0) is 36.6 Å². The number of hydrogen-bond donors (Lipinski definition) is 1. The molecule has 1 aliphatic rings. The molecule has 0 atom stereocenters. The average molecular weight is 486 g/mol. The van der Waals surface area contributed by atoms with Crippen molar-refractivity contribution in [1.29, 1.82) is 0 Å². The van der Waals surface area contributed by atoms with Crippen LogP contribution < -0.4 is 5.32 Å². The second-order valence-corrected chi connectivity index (χ2v) is 8.78. The van der Waals surface area contributed by atoms with Crippen molar-refractivity contribution in [2.45, 2.75) is 32.5 Å². The lowest BCUT2D eigenvalue weighted by molar-refractivity contribution is -0.137. The summed E-state index contributed by atoms with van der Waals surface area (Å²) in [6, 6.07) is 16.8. The normalized spacial score (nSPS) is 14.7. The first-order valence-electron chi connectivity index (χ1n) is 11.8. The molecule has 2 aromatic carbocycles. The summed E-state index contributed by atoms with van der Waals surface area (Å²) in [5, 5.41) is 2.92. The van der Waals surface area contributed by atoms with Crippen LogP contribution in [0.5, 0.6) is 0 Å². The molecule has 5 nitrogen and oxygen atoms in total. The molecule has 8 heteroatoms. The van der Waals surface area contributed by atoms with Crippen molar-refractivity contribution in [3.63, 3.8) is 0 Å². The van der Waals surface area contributed by atoms with Crippen LogP contribution in [0, 0.1) is 6.92 Å². The highest BCUT2D eigenvalue weighted by Crippen LogP contribution is 2.31. The van der Waals surface area contributed by atoms with Crippen molar-refractivity contribution in [3.05, 3.63) is 77.5 Å². The predicted molar refractivity (Wildman–Crippen MR) is 130 cm³/mol. The number of nitrogens with zero attached hydrogens (tertiary/aromatic N) is 2. The molecule has 0 saturated carbocycles. The molecule has 186 valence electrons. The summed E-state index contributed by atoms with van der Waals surface area (Å²) in [4.78, 5) is 15.1. The van der Waals surface area contributed by atoms with E-state index in [1.165, 1.54) is 12.1 Å². The highest BCUT2D eigenvalue weighted by Gasteiger charge is 2.30. The number of benzene rings is 2. The first kappa shape index (κ1) is 25.0. The molecule has 1 N–H and O–H groups in total. The number of alkyl halides is 3. The van der Waals surface area contributed by atoms with Gasteiger partial charge >= 0.3 is 6.18 Å². The maximum Gasteiger partial charge on any atom is 0.416 e. The summed E-state index contributed by atoms with van der Waals surface area (Å²) < 4.78 is 46.7. The summed E-state index contributed by atoms with van der Waals surface area (Å²) in [6.45, 7) is 7.12. The number of amides is 1. The lowest BCUT2D eigenvalue weighted by atomic mass is 10.1. The van der Waals surface area contributed by atoms with Gasteiger partial charge < -0.3 is 14.6 Å². The van der Waals surface area contributed by atoms with Crippen molar-refractivity contribution >= 4 is 11.6 Å². The number of aromatic nitrogens is 1. The highest BCUT2D eigenvalue weighted by atomic mass is 19.4. The first-order valence-corrected chi connectivity index (χ1v) is 11.8. The third kappa shape index (κ3) is 6.52. The zero-order chi connectivity index (χ0) is 24.8. The van der Waals surface area contributed by atoms with Gasteiger partial charge in [0, 0.05) is 31.9 Å². The van der Waals surface area contributed by atoms with E-state index >= 15 is 0 Å². The summed E-state index contributed by atoms with van der Waals surface area (Å²) in [5.41, 5.74) is 3.20. The van der Waals surface area contributed by atoms with E-state index in [2.05, 4.69) is 14.8 Å². The molecule has 3 aromatic rings. The number of halogens is 3. The van der Waals surface area contributed by atoms with E-state index < -0.39 is 11.7 Å². The van der Waals surface area contributed by atoms with Crippen molar-refractivity contribution in [2.24, 2.45) is 0 Å². The number of nitrogens with one attached hydrogen (secondary N) is 1.